The minimum Gasteiger partial charge on any atom is -0.469 e. The predicted molar refractivity (Wildman–Crippen MR) is 93.0 cm³/mol. The van der Waals surface area contributed by atoms with Crippen LogP contribution in [0.2, 0.25) is 0 Å². The van der Waals surface area contributed by atoms with Gasteiger partial charge >= 0.3 is 5.97 Å². The highest BCUT2D eigenvalue weighted by atomic mass is 16.5. The van der Waals surface area contributed by atoms with E-state index in [0.29, 0.717) is 17.6 Å². The summed E-state index contributed by atoms with van der Waals surface area (Å²) >= 11 is 0. The normalized spacial score (nSPS) is 18.0. The summed E-state index contributed by atoms with van der Waals surface area (Å²) < 4.78 is 4.71. The Bertz CT molecular complexity index is 675. The van der Waals surface area contributed by atoms with Crippen molar-refractivity contribution in [3.63, 3.8) is 0 Å². The van der Waals surface area contributed by atoms with E-state index in [1.165, 1.54) is 19.1 Å². The summed E-state index contributed by atoms with van der Waals surface area (Å²) in [6.45, 7) is 1.88. The first-order valence-electron chi connectivity index (χ1n) is 8.45. The molecular weight excluding hydrogens is 302 g/mol. The molecule has 1 aliphatic heterocycles. The molecule has 1 aromatic carbocycles. The summed E-state index contributed by atoms with van der Waals surface area (Å²) in [5.41, 5.74) is 2.12. The van der Waals surface area contributed by atoms with Gasteiger partial charge in [0, 0.05) is 19.3 Å². The van der Waals surface area contributed by atoms with Crippen molar-refractivity contribution in [2.45, 2.75) is 31.6 Å². The molecule has 0 aliphatic carbocycles. The second kappa shape index (κ2) is 7.90. The zero-order valence-electron chi connectivity index (χ0n) is 14.0. The van der Waals surface area contributed by atoms with Crippen LogP contribution < -0.4 is 4.90 Å². The van der Waals surface area contributed by atoms with Gasteiger partial charge in [-0.15, -0.1) is 0 Å². The molecule has 0 saturated carbocycles. The first-order chi connectivity index (χ1) is 11.8. The third-order valence-corrected chi connectivity index (χ3v) is 4.54. The average molecular weight is 325 g/mol. The number of ether oxygens (including phenoxy) is 1. The SMILES string of the molecule is COC(=O)Cc1ccnc(N2CCC[C@H](c3ccccc3)CC2)n1. The number of hydrogen-bond donors (Lipinski definition) is 0. The molecule has 1 saturated heterocycles. The highest BCUT2D eigenvalue weighted by molar-refractivity contribution is 5.71. The van der Waals surface area contributed by atoms with Crippen LogP contribution in [0.25, 0.3) is 0 Å². The molecule has 1 aromatic heterocycles. The molecule has 2 aromatic rings. The first kappa shape index (κ1) is 16.4. The van der Waals surface area contributed by atoms with E-state index in [4.69, 9.17) is 4.74 Å². The van der Waals surface area contributed by atoms with Gasteiger partial charge in [-0.2, -0.15) is 0 Å². The minimum atomic E-state index is -0.278. The third-order valence-electron chi connectivity index (χ3n) is 4.54. The van der Waals surface area contributed by atoms with Crippen LogP contribution in [-0.2, 0) is 16.0 Å². The molecule has 1 atom stereocenters. The van der Waals surface area contributed by atoms with Crippen molar-refractivity contribution < 1.29 is 9.53 Å². The summed E-state index contributed by atoms with van der Waals surface area (Å²) in [4.78, 5) is 22.6. The Morgan fingerprint density at radius 1 is 1.21 bits per heavy atom. The van der Waals surface area contributed by atoms with Gasteiger partial charge in [-0.25, -0.2) is 9.97 Å². The van der Waals surface area contributed by atoms with E-state index in [1.807, 2.05) is 0 Å². The Morgan fingerprint density at radius 2 is 2.04 bits per heavy atom. The Balaban J connectivity index is 1.68. The van der Waals surface area contributed by atoms with Crippen LogP contribution in [0.4, 0.5) is 5.95 Å². The fourth-order valence-corrected chi connectivity index (χ4v) is 3.21. The number of carbonyl (C=O) groups is 1. The van der Waals surface area contributed by atoms with Crippen molar-refractivity contribution in [3.8, 4) is 0 Å². The van der Waals surface area contributed by atoms with Crippen molar-refractivity contribution in [2.24, 2.45) is 0 Å². The van der Waals surface area contributed by atoms with Gasteiger partial charge in [0.15, 0.2) is 0 Å². The topological polar surface area (TPSA) is 55.3 Å². The van der Waals surface area contributed by atoms with Crippen molar-refractivity contribution in [2.75, 3.05) is 25.1 Å². The molecule has 126 valence electrons. The maximum absolute atomic E-state index is 11.4. The molecular formula is C19H23N3O2. The number of carbonyl (C=O) groups excluding carboxylic acids is 1. The van der Waals surface area contributed by atoms with Crippen LogP contribution in [-0.4, -0.2) is 36.1 Å². The number of anilines is 1. The minimum absolute atomic E-state index is 0.187. The van der Waals surface area contributed by atoms with Gasteiger partial charge in [0.1, 0.15) is 0 Å². The molecule has 0 radical (unpaired) electrons. The number of methoxy groups -OCH3 is 1. The maximum Gasteiger partial charge on any atom is 0.311 e. The number of nitrogens with zero attached hydrogens (tertiary/aromatic N) is 3. The summed E-state index contributed by atoms with van der Waals surface area (Å²) in [5.74, 6) is 1.03. The van der Waals surface area contributed by atoms with Crippen LogP contribution in [0.5, 0.6) is 0 Å². The summed E-state index contributed by atoms with van der Waals surface area (Å²) in [5, 5.41) is 0. The van der Waals surface area contributed by atoms with Gasteiger partial charge in [0.05, 0.1) is 19.2 Å². The standard InChI is InChI=1S/C19H23N3O2/c1-24-18(23)14-17-9-11-20-19(21-17)22-12-5-8-16(10-13-22)15-6-3-2-4-7-15/h2-4,6-7,9,11,16H,5,8,10,12-14H2,1H3/t16-/m0/s1. The molecule has 0 spiro atoms. The lowest BCUT2D eigenvalue weighted by atomic mass is 9.92. The van der Waals surface area contributed by atoms with Gasteiger partial charge in [-0.05, 0) is 36.8 Å². The van der Waals surface area contributed by atoms with E-state index in [0.717, 1.165) is 25.9 Å². The lowest BCUT2D eigenvalue weighted by Gasteiger charge is -2.21. The molecule has 3 rings (SSSR count). The van der Waals surface area contributed by atoms with Gasteiger partial charge in [0.2, 0.25) is 5.95 Å². The van der Waals surface area contributed by atoms with Gasteiger partial charge in [-0.1, -0.05) is 30.3 Å². The fourth-order valence-electron chi connectivity index (χ4n) is 3.21. The van der Waals surface area contributed by atoms with E-state index >= 15 is 0 Å². The maximum atomic E-state index is 11.4. The largest absolute Gasteiger partial charge is 0.469 e. The van der Waals surface area contributed by atoms with Gasteiger partial charge in [0.25, 0.3) is 0 Å². The highest BCUT2D eigenvalue weighted by Crippen LogP contribution is 2.28. The average Bonchev–Trinajstić information content (AvgIpc) is 2.89. The molecule has 5 nitrogen and oxygen atoms in total. The highest BCUT2D eigenvalue weighted by Gasteiger charge is 2.20. The molecule has 0 bridgehead atoms. The van der Waals surface area contributed by atoms with E-state index in [2.05, 4.69) is 45.2 Å². The lowest BCUT2D eigenvalue weighted by molar-refractivity contribution is -0.139. The fraction of sp³-hybridized carbons (Fsp3) is 0.421. The Morgan fingerprint density at radius 3 is 2.83 bits per heavy atom. The smallest absolute Gasteiger partial charge is 0.311 e. The molecule has 0 N–H and O–H groups in total. The predicted octanol–water partition coefficient (Wildman–Crippen LogP) is 2.97. The van der Waals surface area contributed by atoms with Crippen LogP contribution >= 0.6 is 0 Å². The van der Waals surface area contributed by atoms with Gasteiger partial charge < -0.3 is 9.64 Å². The van der Waals surface area contributed by atoms with E-state index < -0.39 is 0 Å². The second-order valence-electron chi connectivity index (χ2n) is 6.13. The zero-order chi connectivity index (χ0) is 16.8. The van der Waals surface area contributed by atoms with Crippen molar-refractivity contribution in [3.05, 3.63) is 53.9 Å². The number of hydrogen-bond acceptors (Lipinski definition) is 5. The third kappa shape index (κ3) is 4.10. The first-order valence-corrected chi connectivity index (χ1v) is 8.45. The molecule has 5 heteroatoms. The van der Waals surface area contributed by atoms with Crippen LogP contribution in [0.15, 0.2) is 42.6 Å². The number of rotatable bonds is 4. The molecule has 1 aliphatic rings. The van der Waals surface area contributed by atoms with E-state index in [1.54, 1.807) is 12.3 Å². The summed E-state index contributed by atoms with van der Waals surface area (Å²) in [6.07, 6.45) is 5.30. The Hall–Kier alpha value is -2.43. The zero-order valence-corrected chi connectivity index (χ0v) is 14.0. The van der Waals surface area contributed by atoms with Crippen LogP contribution in [0.1, 0.15) is 36.4 Å². The molecule has 0 unspecified atom stereocenters. The monoisotopic (exact) mass is 325 g/mol. The van der Waals surface area contributed by atoms with Crippen molar-refractivity contribution >= 4 is 11.9 Å². The number of benzene rings is 1. The summed E-state index contributed by atoms with van der Waals surface area (Å²) in [6, 6.07) is 12.5. The Kier molecular flexibility index (Phi) is 5.41. The van der Waals surface area contributed by atoms with Crippen molar-refractivity contribution in [1.82, 2.24) is 9.97 Å². The van der Waals surface area contributed by atoms with E-state index in [-0.39, 0.29) is 12.4 Å². The van der Waals surface area contributed by atoms with Crippen LogP contribution in [0.3, 0.4) is 0 Å². The van der Waals surface area contributed by atoms with Gasteiger partial charge in [-0.3, -0.25) is 4.79 Å². The molecule has 0 amide bonds. The molecule has 1 fully saturated rings. The number of esters is 1. The molecule has 2 heterocycles. The second-order valence-corrected chi connectivity index (χ2v) is 6.13. The molecule has 24 heavy (non-hydrogen) atoms. The quantitative estimate of drug-likeness (QED) is 0.809. The number of aromatic nitrogens is 2. The van der Waals surface area contributed by atoms with E-state index in [9.17, 15) is 4.79 Å². The summed E-state index contributed by atoms with van der Waals surface area (Å²) in [7, 11) is 1.39. The van der Waals surface area contributed by atoms with Crippen molar-refractivity contribution in [1.29, 1.82) is 0 Å². The van der Waals surface area contributed by atoms with Crippen LogP contribution in [0, 0.1) is 0 Å². The lowest BCUT2D eigenvalue weighted by Crippen LogP contribution is -2.26. The Labute approximate surface area is 142 Å².